The molecule has 0 spiro atoms. The lowest BCUT2D eigenvalue weighted by atomic mass is 10.0. The summed E-state index contributed by atoms with van der Waals surface area (Å²) in [5.74, 6) is 1.46. The smallest absolute Gasteiger partial charge is 0.217 e. The topological polar surface area (TPSA) is 30.2 Å². The van der Waals surface area contributed by atoms with Crippen LogP contribution >= 0.6 is 11.3 Å². The van der Waals surface area contributed by atoms with E-state index >= 15 is 0 Å². The molecule has 0 aliphatic heterocycles. The molecule has 3 nitrogen and oxygen atoms in total. The van der Waals surface area contributed by atoms with Crippen molar-refractivity contribution in [3.63, 3.8) is 0 Å². The van der Waals surface area contributed by atoms with Gasteiger partial charge in [0.05, 0.1) is 10.2 Å². The molecule has 4 heteroatoms. The van der Waals surface area contributed by atoms with Crippen LogP contribution in [0.25, 0.3) is 26.6 Å². The highest BCUT2D eigenvalue weighted by molar-refractivity contribution is 7.23. The number of aromatic nitrogens is 3. The number of hydrogen-bond donors (Lipinski definition) is 0. The highest BCUT2D eigenvalue weighted by Crippen LogP contribution is 2.30. The summed E-state index contributed by atoms with van der Waals surface area (Å²) in [5.41, 5.74) is 3.62. The first kappa shape index (κ1) is 12.5. The molecule has 0 radical (unpaired) electrons. The summed E-state index contributed by atoms with van der Waals surface area (Å²) >= 11 is 1.67. The summed E-state index contributed by atoms with van der Waals surface area (Å²) in [6, 6.07) is 17.0. The molecule has 0 unspecified atom stereocenters. The normalized spacial score (nSPS) is 11.8. The maximum Gasteiger partial charge on any atom is 0.217 e. The van der Waals surface area contributed by atoms with E-state index in [2.05, 4.69) is 77.0 Å². The quantitative estimate of drug-likeness (QED) is 0.534. The fourth-order valence-corrected chi connectivity index (χ4v) is 3.55. The molecule has 0 saturated carbocycles. The van der Waals surface area contributed by atoms with Crippen molar-refractivity contribution >= 4 is 26.5 Å². The molecular weight excluding hydrogens is 278 g/mol. The predicted octanol–water partition coefficient (Wildman–Crippen LogP) is 4.73. The maximum atomic E-state index is 4.37. The average molecular weight is 293 g/mol. The Labute approximate surface area is 126 Å². The van der Waals surface area contributed by atoms with Crippen molar-refractivity contribution in [1.29, 1.82) is 0 Å². The Balaban J connectivity index is 1.93. The Bertz CT molecular complexity index is 916. The number of hydrogen-bond acceptors (Lipinski definition) is 3. The van der Waals surface area contributed by atoms with Gasteiger partial charge in [-0.15, -0.1) is 10.2 Å². The second-order valence-corrected chi connectivity index (χ2v) is 6.50. The molecule has 0 fully saturated rings. The van der Waals surface area contributed by atoms with Gasteiger partial charge < -0.3 is 0 Å². The van der Waals surface area contributed by atoms with E-state index in [9.17, 15) is 0 Å². The summed E-state index contributed by atoms with van der Waals surface area (Å²) < 4.78 is 3.38. The molecule has 0 aliphatic carbocycles. The molecular formula is C17H15N3S. The van der Waals surface area contributed by atoms with Gasteiger partial charge in [0.2, 0.25) is 4.96 Å². The van der Waals surface area contributed by atoms with Gasteiger partial charge in [0.15, 0.2) is 5.82 Å². The Morgan fingerprint density at radius 1 is 0.952 bits per heavy atom. The Morgan fingerprint density at radius 3 is 2.48 bits per heavy atom. The fraction of sp³-hybridized carbons (Fsp3) is 0.176. The van der Waals surface area contributed by atoms with Crippen molar-refractivity contribution in [3.8, 4) is 11.4 Å². The predicted molar refractivity (Wildman–Crippen MR) is 87.9 cm³/mol. The molecule has 0 N–H and O–H groups in total. The first-order chi connectivity index (χ1) is 10.2. The number of fused-ring (bicyclic) bond motifs is 3. The first-order valence-corrected chi connectivity index (χ1v) is 7.88. The van der Waals surface area contributed by atoms with Crippen molar-refractivity contribution in [3.05, 3.63) is 54.1 Å². The van der Waals surface area contributed by atoms with Crippen LogP contribution in [0.15, 0.2) is 48.5 Å². The lowest BCUT2D eigenvalue weighted by Gasteiger charge is -2.06. The third-order valence-electron chi connectivity index (χ3n) is 3.78. The summed E-state index contributed by atoms with van der Waals surface area (Å²) in [4.78, 5) is 0.944. The van der Waals surface area contributed by atoms with Crippen molar-refractivity contribution in [2.45, 2.75) is 19.8 Å². The number of nitrogens with zero attached hydrogens (tertiary/aromatic N) is 3. The zero-order chi connectivity index (χ0) is 14.4. The lowest BCUT2D eigenvalue weighted by Crippen LogP contribution is -1.90. The van der Waals surface area contributed by atoms with E-state index in [1.807, 2.05) is 0 Å². The van der Waals surface area contributed by atoms with Gasteiger partial charge in [-0.3, -0.25) is 4.40 Å². The summed E-state index contributed by atoms with van der Waals surface area (Å²) in [5, 5.41) is 8.69. The van der Waals surface area contributed by atoms with Gasteiger partial charge in [0.1, 0.15) is 0 Å². The lowest BCUT2D eigenvalue weighted by molar-refractivity contribution is 0.867. The van der Waals surface area contributed by atoms with E-state index in [0.29, 0.717) is 5.92 Å². The van der Waals surface area contributed by atoms with Crippen LogP contribution in [0.3, 0.4) is 0 Å². The molecule has 0 atom stereocenters. The van der Waals surface area contributed by atoms with Gasteiger partial charge in [-0.2, -0.15) is 0 Å². The SMILES string of the molecule is CC(C)c1ccc(-c2nnc3sc4ccccc4n23)cc1. The van der Waals surface area contributed by atoms with E-state index in [1.54, 1.807) is 11.3 Å². The van der Waals surface area contributed by atoms with Gasteiger partial charge in [0.25, 0.3) is 0 Å². The van der Waals surface area contributed by atoms with Crippen LogP contribution in [0.2, 0.25) is 0 Å². The summed E-state index contributed by atoms with van der Waals surface area (Å²) in [6.45, 7) is 4.41. The average Bonchev–Trinajstić information content (AvgIpc) is 3.06. The molecule has 2 aromatic carbocycles. The second kappa shape index (κ2) is 4.67. The van der Waals surface area contributed by atoms with E-state index in [1.165, 1.54) is 15.8 Å². The maximum absolute atomic E-state index is 4.37. The van der Waals surface area contributed by atoms with Crippen LogP contribution in [-0.4, -0.2) is 14.6 Å². The largest absolute Gasteiger partial charge is 0.265 e. The van der Waals surface area contributed by atoms with Crippen LogP contribution in [0, 0.1) is 0 Å². The van der Waals surface area contributed by atoms with Crippen LogP contribution in [0.1, 0.15) is 25.3 Å². The number of benzene rings is 2. The highest BCUT2D eigenvalue weighted by Gasteiger charge is 2.13. The third-order valence-corrected chi connectivity index (χ3v) is 4.79. The molecule has 104 valence electrons. The minimum Gasteiger partial charge on any atom is -0.265 e. The van der Waals surface area contributed by atoms with Crippen LogP contribution in [0.4, 0.5) is 0 Å². The van der Waals surface area contributed by atoms with Gasteiger partial charge in [-0.25, -0.2) is 0 Å². The summed E-state index contributed by atoms with van der Waals surface area (Å²) in [6.07, 6.45) is 0. The van der Waals surface area contributed by atoms with E-state index in [-0.39, 0.29) is 0 Å². The Hall–Kier alpha value is -2.20. The molecule has 2 heterocycles. The van der Waals surface area contributed by atoms with Gasteiger partial charge in [-0.05, 0) is 23.6 Å². The van der Waals surface area contributed by atoms with Gasteiger partial charge >= 0.3 is 0 Å². The molecule has 0 aliphatic rings. The number of para-hydroxylation sites is 1. The minimum absolute atomic E-state index is 0.541. The second-order valence-electron chi connectivity index (χ2n) is 5.49. The zero-order valence-corrected chi connectivity index (χ0v) is 12.8. The van der Waals surface area contributed by atoms with Gasteiger partial charge in [-0.1, -0.05) is 61.6 Å². The molecule has 0 bridgehead atoms. The molecule has 0 saturated heterocycles. The number of rotatable bonds is 2. The minimum atomic E-state index is 0.541. The van der Waals surface area contributed by atoms with Crippen molar-refractivity contribution in [2.75, 3.05) is 0 Å². The van der Waals surface area contributed by atoms with Crippen molar-refractivity contribution < 1.29 is 0 Å². The number of thiazole rings is 1. The van der Waals surface area contributed by atoms with Gasteiger partial charge in [0, 0.05) is 5.56 Å². The van der Waals surface area contributed by atoms with E-state index < -0.39 is 0 Å². The Kier molecular flexibility index (Phi) is 2.79. The van der Waals surface area contributed by atoms with E-state index in [4.69, 9.17) is 0 Å². The van der Waals surface area contributed by atoms with Crippen LogP contribution in [-0.2, 0) is 0 Å². The fourth-order valence-electron chi connectivity index (χ4n) is 2.58. The standard InChI is InChI=1S/C17H15N3S/c1-11(2)12-7-9-13(10-8-12)16-18-19-17-20(16)14-5-3-4-6-15(14)21-17/h3-11H,1-2H3. The van der Waals surface area contributed by atoms with Crippen LogP contribution < -0.4 is 0 Å². The van der Waals surface area contributed by atoms with Crippen LogP contribution in [0.5, 0.6) is 0 Å². The first-order valence-electron chi connectivity index (χ1n) is 7.07. The molecule has 2 aromatic heterocycles. The third kappa shape index (κ3) is 1.94. The molecule has 4 rings (SSSR count). The monoisotopic (exact) mass is 293 g/mol. The summed E-state index contributed by atoms with van der Waals surface area (Å²) in [7, 11) is 0. The Morgan fingerprint density at radius 2 is 1.71 bits per heavy atom. The van der Waals surface area contributed by atoms with E-state index in [0.717, 1.165) is 16.3 Å². The molecule has 0 amide bonds. The molecule has 4 aromatic rings. The van der Waals surface area contributed by atoms with Crippen molar-refractivity contribution in [1.82, 2.24) is 14.6 Å². The molecule has 21 heavy (non-hydrogen) atoms. The van der Waals surface area contributed by atoms with Crippen molar-refractivity contribution in [2.24, 2.45) is 0 Å². The zero-order valence-electron chi connectivity index (χ0n) is 11.9. The highest BCUT2D eigenvalue weighted by atomic mass is 32.1.